The third-order valence-corrected chi connectivity index (χ3v) is 9.38. The first kappa shape index (κ1) is 26.2. The predicted molar refractivity (Wildman–Crippen MR) is 130 cm³/mol. The van der Waals surface area contributed by atoms with Crippen molar-refractivity contribution in [3.8, 4) is 11.8 Å². The van der Waals surface area contributed by atoms with Crippen molar-refractivity contribution in [2.24, 2.45) is 11.8 Å². The van der Waals surface area contributed by atoms with Gasteiger partial charge in [-0.3, -0.25) is 0 Å². The zero-order valence-corrected chi connectivity index (χ0v) is 21.4. The number of fused-ring (bicyclic) bond motifs is 1. The van der Waals surface area contributed by atoms with E-state index in [4.69, 9.17) is 24.0 Å². The summed E-state index contributed by atoms with van der Waals surface area (Å²) < 4.78 is 17.6. The molecule has 2 bridgehead atoms. The molecule has 1 spiro atoms. The molecule has 6 unspecified atom stereocenters. The summed E-state index contributed by atoms with van der Waals surface area (Å²) in [6.45, 7) is -0.586. The number of allylic oxidation sites excluding steroid dienone is 1. The number of aliphatic hydroxyl groups is 4. The second-order valence-electron chi connectivity index (χ2n) is 11.1. The van der Waals surface area contributed by atoms with Crippen molar-refractivity contribution in [3.05, 3.63) is 40.5 Å². The lowest BCUT2D eigenvalue weighted by Gasteiger charge is -2.65. The van der Waals surface area contributed by atoms with Crippen LogP contribution in [0.5, 0.6) is 5.75 Å². The summed E-state index contributed by atoms with van der Waals surface area (Å²) in [4.78, 5) is 12.0. The van der Waals surface area contributed by atoms with Gasteiger partial charge >= 0.3 is 0 Å². The number of nitrogens with zero attached hydrogens (tertiary/aromatic N) is 1. The largest absolute Gasteiger partial charge is 0.461 e. The van der Waals surface area contributed by atoms with Crippen molar-refractivity contribution < 1.29 is 44.4 Å². The number of hydrogen-bond donors (Lipinski definition) is 4. The van der Waals surface area contributed by atoms with Crippen LogP contribution in [0.1, 0.15) is 62.5 Å². The molecule has 5 aliphatic rings. The molecule has 3 fully saturated rings. The van der Waals surface area contributed by atoms with Crippen molar-refractivity contribution in [1.29, 1.82) is 5.26 Å². The standard InChI is InChI=1S/C28H35NO9/c1-34-28(27(37-38-28)17-6-4-8-20(27)19-7-3-2-5-15(19)11-17)18-10-9-16(13-29)21(12-18)35-26-25(33)24(32)23(31)22(14-30)36-26/h9-10,12,17,20,22-26,30-33H,2-8,11,14H2,1H3/t17?,20?,22?,23-,24?,25+,26-,27?,28?/m1/s1. The lowest BCUT2D eigenvalue weighted by Crippen LogP contribution is -2.74. The molecule has 2 saturated heterocycles. The molecule has 0 amide bonds. The normalized spacial score (nSPS) is 42.3. The highest BCUT2D eigenvalue weighted by Crippen LogP contribution is 2.66. The maximum atomic E-state index is 10.5. The van der Waals surface area contributed by atoms with Crippen molar-refractivity contribution in [3.63, 3.8) is 0 Å². The average Bonchev–Trinajstić information content (AvgIpc) is 2.93. The summed E-state index contributed by atoms with van der Waals surface area (Å²) in [6, 6.07) is 7.08. The van der Waals surface area contributed by atoms with Gasteiger partial charge in [0.25, 0.3) is 5.79 Å². The highest BCUT2D eigenvalue weighted by atomic mass is 17.3. The maximum absolute atomic E-state index is 10.5. The van der Waals surface area contributed by atoms with Gasteiger partial charge in [-0.15, -0.1) is 0 Å². The molecular formula is C28H35NO9. The summed E-state index contributed by atoms with van der Waals surface area (Å²) in [5.41, 5.74) is 3.14. The van der Waals surface area contributed by atoms with Gasteiger partial charge in [0.05, 0.1) is 12.2 Å². The van der Waals surface area contributed by atoms with E-state index in [1.807, 2.05) is 0 Å². The SMILES string of the molecule is COC1(c2ccc(C#N)c(O[C@@H]3OC(CO)[C@@H](O)C(O)[C@@H]3O)c2)OOC12C1CCCC2C2=C(CCCC2)C1. The Hall–Kier alpha value is -2.07. The van der Waals surface area contributed by atoms with E-state index in [0.29, 0.717) is 5.56 Å². The predicted octanol–water partition coefficient (Wildman–Crippen LogP) is 1.93. The van der Waals surface area contributed by atoms with Gasteiger partial charge in [-0.05, 0) is 57.1 Å². The molecule has 9 atom stereocenters. The van der Waals surface area contributed by atoms with E-state index in [0.717, 1.165) is 38.5 Å². The Kier molecular flexibility index (Phi) is 6.78. The van der Waals surface area contributed by atoms with Gasteiger partial charge in [0.2, 0.25) is 6.29 Å². The quantitative estimate of drug-likeness (QED) is 0.329. The first-order valence-corrected chi connectivity index (χ1v) is 13.5. The topological polar surface area (TPSA) is 151 Å². The molecule has 3 aliphatic carbocycles. The van der Waals surface area contributed by atoms with Gasteiger partial charge in [0, 0.05) is 24.5 Å². The van der Waals surface area contributed by atoms with Crippen LogP contribution in [0.15, 0.2) is 29.3 Å². The summed E-state index contributed by atoms with van der Waals surface area (Å²) in [5.74, 6) is -0.739. The van der Waals surface area contributed by atoms with E-state index in [-0.39, 0.29) is 23.1 Å². The van der Waals surface area contributed by atoms with Gasteiger partial charge < -0.3 is 34.6 Å². The second-order valence-corrected chi connectivity index (χ2v) is 11.1. The number of ether oxygens (including phenoxy) is 3. The molecule has 6 rings (SSSR count). The summed E-state index contributed by atoms with van der Waals surface area (Å²) >= 11 is 0. The van der Waals surface area contributed by atoms with E-state index in [9.17, 15) is 25.7 Å². The minimum absolute atomic E-state index is 0.0925. The van der Waals surface area contributed by atoms with Crippen molar-refractivity contribution >= 4 is 0 Å². The maximum Gasteiger partial charge on any atom is 0.261 e. The minimum atomic E-state index is -1.61. The molecule has 0 aromatic heterocycles. The summed E-state index contributed by atoms with van der Waals surface area (Å²) in [6.07, 6.45) is 1.41. The molecule has 206 valence electrons. The van der Waals surface area contributed by atoms with E-state index in [2.05, 4.69) is 6.07 Å². The highest BCUT2D eigenvalue weighted by Gasteiger charge is 2.75. The van der Waals surface area contributed by atoms with Crippen LogP contribution < -0.4 is 4.74 Å². The van der Waals surface area contributed by atoms with Gasteiger partial charge in [-0.1, -0.05) is 23.6 Å². The smallest absolute Gasteiger partial charge is 0.261 e. The Labute approximate surface area is 221 Å². The van der Waals surface area contributed by atoms with Gasteiger partial charge in [0.15, 0.2) is 5.60 Å². The van der Waals surface area contributed by atoms with Gasteiger partial charge in [0.1, 0.15) is 36.2 Å². The Morgan fingerprint density at radius 2 is 1.87 bits per heavy atom. The van der Waals surface area contributed by atoms with Crippen LogP contribution in [0.25, 0.3) is 0 Å². The zero-order chi connectivity index (χ0) is 26.7. The number of hydrogen-bond acceptors (Lipinski definition) is 10. The first-order chi connectivity index (χ1) is 18.4. The fourth-order valence-electron chi connectivity index (χ4n) is 7.54. The van der Waals surface area contributed by atoms with Crippen LogP contribution in [-0.4, -0.2) is 70.4 Å². The highest BCUT2D eigenvalue weighted by molar-refractivity contribution is 5.48. The van der Waals surface area contributed by atoms with Crippen LogP contribution in [0.4, 0.5) is 0 Å². The average molecular weight is 530 g/mol. The number of methoxy groups -OCH3 is 1. The Balaban J connectivity index is 1.37. The van der Waals surface area contributed by atoms with Crippen LogP contribution >= 0.6 is 0 Å². The molecule has 2 aliphatic heterocycles. The number of benzene rings is 1. The third-order valence-electron chi connectivity index (χ3n) is 9.38. The monoisotopic (exact) mass is 529 g/mol. The molecule has 1 saturated carbocycles. The molecule has 4 N–H and O–H groups in total. The van der Waals surface area contributed by atoms with Crippen LogP contribution in [0, 0.1) is 23.2 Å². The van der Waals surface area contributed by atoms with Crippen molar-refractivity contribution in [1.82, 2.24) is 0 Å². The van der Waals surface area contributed by atoms with Gasteiger partial charge in [-0.25, -0.2) is 4.89 Å². The molecule has 0 radical (unpaired) electrons. The number of rotatable bonds is 5. The van der Waals surface area contributed by atoms with E-state index < -0.39 is 48.7 Å². The fraction of sp³-hybridized carbons (Fsp3) is 0.679. The van der Waals surface area contributed by atoms with E-state index >= 15 is 0 Å². The molecule has 38 heavy (non-hydrogen) atoms. The lowest BCUT2D eigenvalue weighted by atomic mass is 9.53. The third kappa shape index (κ3) is 3.61. The molecule has 1 aromatic carbocycles. The Bertz CT molecular complexity index is 1140. The second kappa shape index (κ2) is 9.84. The van der Waals surface area contributed by atoms with E-state index in [1.54, 1.807) is 30.9 Å². The van der Waals surface area contributed by atoms with Crippen molar-refractivity contribution in [2.45, 2.75) is 93.5 Å². The minimum Gasteiger partial charge on any atom is -0.461 e. The zero-order valence-electron chi connectivity index (χ0n) is 21.4. The molecule has 2 heterocycles. The van der Waals surface area contributed by atoms with Crippen LogP contribution in [0.2, 0.25) is 0 Å². The van der Waals surface area contributed by atoms with Crippen LogP contribution in [-0.2, 0) is 25.0 Å². The Morgan fingerprint density at radius 3 is 2.58 bits per heavy atom. The Morgan fingerprint density at radius 1 is 1.05 bits per heavy atom. The number of aliphatic hydroxyl groups excluding tert-OH is 4. The molecule has 1 aromatic rings. The fourth-order valence-corrected chi connectivity index (χ4v) is 7.54. The van der Waals surface area contributed by atoms with Crippen LogP contribution in [0.3, 0.4) is 0 Å². The molecular weight excluding hydrogens is 494 g/mol. The van der Waals surface area contributed by atoms with Crippen molar-refractivity contribution in [2.75, 3.05) is 13.7 Å². The summed E-state index contributed by atoms with van der Waals surface area (Å²) in [7, 11) is 1.60. The van der Waals surface area contributed by atoms with E-state index in [1.165, 1.54) is 18.4 Å². The lowest BCUT2D eigenvalue weighted by molar-refractivity contribution is -0.639. The van der Waals surface area contributed by atoms with Gasteiger partial charge in [-0.2, -0.15) is 10.1 Å². The molecule has 10 heteroatoms. The summed E-state index contributed by atoms with van der Waals surface area (Å²) in [5, 5.41) is 50.1. The number of nitriles is 1. The molecule has 10 nitrogen and oxygen atoms in total. The first-order valence-electron chi connectivity index (χ1n) is 13.5.